The molecule has 0 unspecified atom stereocenters. The fraction of sp³-hybridized carbons (Fsp3) is 0.182. The molecule has 0 aliphatic carbocycles. The average molecular weight is 517 g/mol. The van der Waals surface area contributed by atoms with Crippen LogP contribution in [0.2, 0.25) is 0 Å². The van der Waals surface area contributed by atoms with Gasteiger partial charge in [-0.05, 0) is 34.4 Å². The molecule has 196 valence electrons. The van der Waals surface area contributed by atoms with Gasteiger partial charge in [-0.2, -0.15) is 0 Å². The molecule has 1 N–H and O–H groups in total. The van der Waals surface area contributed by atoms with Crippen LogP contribution in [-0.2, 0) is 35.5 Å². The molecule has 0 aliphatic heterocycles. The third kappa shape index (κ3) is 6.60. The number of rotatable bonds is 10. The quantitative estimate of drug-likeness (QED) is 0.275. The second-order valence-corrected chi connectivity index (χ2v) is 9.68. The van der Waals surface area contributed by atoms with Crippen LogP contribution in [0.1, 0.15) is 17.0 Å². The molecule has 0 atom stereocenters. The van der Waals surface area contributed by atoms with Crippen molar-refractivity contribution in [2.75, 3.05) is 13.6 Å². The number of benzene rings is 4. The van der Waals surface area contributed by atoms with Crippen LogP contribution in [0.25, 0.3) is 22.2 Å². The maximum atomic E-state index is 13.1. The molecule has 1 aromatic heterocycles. The van der Waals surface area contributed by atoms with Gasteiger partial charge in [-0.3, -0.25) is 9.59 Å². The summed E-state index contributed by atoms with van der Waals surface area (Å²) in [5.74, 6) is 0.750. The van der Waals surface area contributed by atoms with Crippen molar-refractivity contribution in [2.45, 2.75) is 25.9 Å². The molecule has 2 amide bonds. The SMILES string of the molecule is CN(Cc1ccccc1)C(=O)Cn1c(CCNC(=O)Cc2ccc(-c3ccccc3)cc2)nc2ccccc21. The molecular weight excluding hydrogens is 484 g/mol. The number of nitrogens with zero attached hydrogens (tertiary/aromatic N) is 3. The lowest BCUT2D eigenvalue weighted by Gasteiger charge is -2.19. The van der Waals surface area contributed by atoms with Gasteiger partial charge in [0.1, 0.15) is 12.4 Å². The van der Waals surface area contributed by atoms with E-state index in [0.717, 1.165) is 39.1 Å². The van der Waals surface area contributed by atoms with Crippen molar-refractivity contribution in [1.29, 1.82) is 0 Å². The van der Waals surface area contributed by atoms with Gasteiger partial charge in [0.25, 0.3) is 0 Å². The van der Waals surface area contributed by atoms with Crippen molar-refractivity contribution in [3.63, 3.8) is 0 Å². The molecule has 0 saturated carbocycles. The third-order valence-corrected chi connectivity index (χ3v) is 6.81. The highest BCUT2D eigenvalue weighted by Gasteiger charge is 2.16. The zero-order valence-corrected chi connectivity index (χ0v) is 22.1. The number of para-hydroxylation sites is 2. The van der Waals surface area contributed by atoms with E-state index < -0.39 is 0 Å². The maximum absolute atomic E-state index is 13.1. The molecule has 0 fully saturated rings. The van der Waals surface area contributed by atoms with Crippen LogP contribution in [0, 0.1) is 0 Å². The molecule has 5 rings (SSSR count). The topological polar surface area (TPSA) is 67.2 Å². The predicted molar refractivity (Wildman–Crippen MR) is 155 cm³/mol. The Morgan fingerprint density at radius 2 is 1.41 bits per heavy atom. The number of fused-ring (bicyclic) bond motifs is 1. The van der Waals surface area contributed by atoms with E-state index in [0.29, 0.717) is 25.9 Å². The minimum absolute atomic E-state index is 0.00578. The van der Waals surface area contributed by atoms with E-state index in [-0.39, 0.29) is 18.4 Å². The third-order valence-electron chi connectivity index (χ3n) is 6.81. The Balaban J connectivity index is 1.19. The molecule has 0 spiro atoms. The van der Waals surface area contributed by atoms with E-state index in [1.54, 1.807) is 4.90 Å². The minimum atomic E-state index is -0.0382. The molecule has 39 heavy (non-hydrogen) atoms. The van der Waals surface area contributed by atoms with Gasteiger partial charge in [0.05, 0.1) is 17.5 Å². The van der Waals surface area contributed by atoms with Crippen molar-refractivity contribution < 1.29 is 9.59 Å². The summed E-state index contributed by atoms with van der Waals surface area (Å²) in [6.45, 7) is 1.18. The fourth-order valence-electron chi connectivity index (χ4n) is 4.70. The van der Waals surface area contributed by atoms with Gasteiger partial charge >= 0.3 is 0 Å². The normalized spacial score (nSPS) is 10.9. The van der Waals surface area contributed by atoms with Gasteiger partial charge in [0.2, 0.25) is 11.8 Å². The second kappa shape index (κ2) is 12.2. The Morgan fingerprint density at radius 3 is 2.15 bits per heavy atom. The minimum Gasteiger partial charge on any atom is -0.355 e. The number of hydrogen-bond donors (Lipinski definition) is 1. The lowest BCUT2D eigenvalue weighted by Crippen LogP contribution is -2.31. The van der Waals surface area contributed by atoms with Crippen LogP contribution >= 0.6 is 0 Å². The Kier molecular flexibility index (Phi) is 8.12. The van der Waals surface area contributed by atoms with Crippen LogP contribution < -0.4 is 5.32 Å². The second-order valence-electron chi connectivity index (χ2n) is 9.68. The summed E-state index contributed by atoms with van der Waals surface area (Å²) in [7, 11) is 1.82. The Bertz CT molecular complexity index is 1540. The Morgan fingerprint density at radius 1 is 0.769 bits per heavy atom. The van der Waals surface area contributed by atoms with E-state index in [4.69, 9.17) is 4.98 Å². The van der Waals surface area contributed by atoms with E-state index in [1.165, 1.54) is 0 Å². The van der Waals surface area contributed by atoms with Crippen molar-refractivity contribution in [2.24, 2.45) is 0 Å². The largest absolute Gasteiger partial charge is 0.355 e. The van der Waals surface area contributed by atoms with Gasteiger partial charge in [0, 0.05) is 26.6 Å². The molecule has 6 nitrogen and oxygen atoms in total. The summed E-state index contributed by atoms with van der Waals surface area (Å²) >= 11 is 0. The molecule has 0 radical (unpaired) electrons. The zero-order valence-electron chi connectivity index (χ0n) is 22.1. The van der Waals surface area contributed by atoms with Gasteiger partial charge in [-0.15, -0.1) is 0 Å². The van der Waals surface area contributed by atoms with Crippen LogP contribution in [0.4, 0.5) is 0 Å². The van der Waals surface area contributed by atoms with Gasteiger partial charge in [-0.1, -0.05) is 97.1 Å². The number of aromatic nitrogens is 2. The van der Waals surface area contributed by atoms with E-state index >= 15 is 0 Å². The molecule has 5 aromatic rings. The van der Waals surface area contributed by atoms with Crippen molar-refractivity contribution in [3.8, 4) is 11.1 Å². The highest BCUT2D eigenvalue weighted by atomic mass is 16.2. The molecule has 0 saturated heterocycles. The summed E-state index contributed by atoms with van der Waals surface area (Å²) in [5, 5.41) is 3.02. The number of imidazole rings is 1. The van der Waals surface area contributed by atoms with E-state index in [1.807, 2.05) is 109 Å². The molecule has 0 bridgehead atoms. The molecule has 4 aromatic carbocycles. The first-order valence-electron chi connectivity index (χ1n) is 13.2. The van der Waals surface area contributed by atoms with E-state index in [9.17, 15) is 9.59 Å². The summed E-state index contributed by atoms with van der Waals surface area (Å²) in [6, 6.07) is 36.0. The summed E-state index contributed by atoms with van der Waals surface area (Å²) < 4.78 is 1.97. The number of hydrogen-bond acceptors (Lipinski definition) is 3. The lowest BCUT2D eigenvalue weighted by atomic mass is 10.0. The first kappa shape index (κ1) is 25.9. The monoisotopic (exact) mass is 516 g/mol. The first-order valence-corrected chi connectivity index (χ1v) is 13.2. The van der Waals surface area contributed by atoms with Gasteiger partial charge < -0.3 is 14.8 Å². The lowest BCUT2D eigenvalue weighted by molar-refractivity contribution is -0.131. The number of carbonyl (C=O) groups excluding carboxylic acids is 2. The van der Waals surface area contributed by atoms with Crippen molar-refractivity contribution >= 4 is 22.8 Å². The highest BCUT2D eigenvalue weighted by Crippen LogP contribution is 2.20. The molecule has 0 aliphatic rings. The number of likely N-dealkylation sites (N-methyl/N-ethyl adjacent to an activating group) is 1. The fourth-order valence-corrected chi connectivity index (χ4v) is 4.70. The molecule has 6 heteroatoms. The van der Waals surface area contributed by atoms with Crippen molar-refractivity contribution in [1.82, 2.24) is 19.8 Å². The molecular formula is C33H32N4O2. The number of amides is 2. The standard InChI is InChI=1S/C33H32N4O2/c1-36(23-26-10-4-2-5-11-26)33(39)24-37-30-15-9-8-14-29(30)35-31(37)20-21-34-32(38)22-25-16-18-28(19-17-25)27-12-6-3-7-13-27/h2-19H,20-24H2,1H3,(H,34,38). The van der Waals surface area contributed by atoms with Gasteiger partial charge in [0.15, 0.2) is 0 Å². The summed E-state index contributed by atoms with van der Waals surface area (Å²) in [4.78, 5) is 32.3. The van der Waals surface area contributed by atoms with E-state index in [2.05, 4.69) is 17.4 Å². The van der Waals surface area contributed by atoms with Crippen LogP contribution in [0.3, 0.4) is 0 Å². The number of carbonyl (C=O) groups is 2. The Hall–Kier alpha value is -4.71. The maximum Gasteiger partial charge on any atom is 0.242 e. The average Bonchev–Trinajstić information content (AvgIpc) is 3.31. The summed E-state index contributed by atoms with van der Waals surface area (Å²) in [6.07, 6.45) is 0.845. The van der Waals surface area contributed by atoms with Gasteiger partial charge in [-0.25, -0.2) is 4.98 Å². The van der Waals surface area contributed by atoms with Crippen LogP contribution in [-0.4, -0.2) is 39.9 Å². The first-order chi connectivity index (χ1) is 19.1. The summed E-state index contributed by atoms with van der Waals surface area (Å²) in [5.41, 5.74) is 6.09. The van der Waals surface area contributed by atoms with Crippen molar-refractivity contribution in [3.05, 3.63) is 126 Å². The van der Waals surface area contributed by atoms with Crippen LogP contribution in [0.15, 0.2) is 109 Å². The highest BCUT2D eigenvalue weighted by molar-refractivity contribution is 5.81. The predicted octanol–water partition coefficient (Wildman–Crippen LogP) is 5.26. The smallest absolute Gasteiger partial charge is 0.242 e. The number of nitrogens with one attached hydrogen (secondary N) is 1. The Labute approximate surface area is 228 Å². The van der Waals surface area contributed by atoms with Crippen LogP contribution in [0.5, 0.6) is 0 Å². The molecule has 1 heterocycles. The zero-order chi connectivity index (χ0) is 27.0.